The first-order valence-electron chi connectivity index (χ1n) is 9.57. The van der Waals surface area contributed by atoms with Crippen LogP contribution in [0.15, 0.2) is 71.6 Å². The molecule has 1 aliphatic rings. The number of ether oxygens (including phenoxy) is 1. The second-order valence-electron chi connectivity index (χ2n) is 6.98. The zero-order valence-corrected chi connectivity index (χ0v) is 19.8. The van der Waals surface area contributed by atoms with Gasteiger partial charge in [-0.2, -0.15) is 0 Å². The van der Waals surface area contributed by atoms with Crippen molar-refractivity contribution < 1.29 is 19.1 Å². The van der Waals surface area contributed by atoms with E-state index >= 15 is 0 Å². The van der Waals surface area contributed by atoms with Crippen molar-refractivity contribution in [3.8, 4) is 5.75 Å². The Balaban J connectivity index is 1.50. The third-order valence-electron chi connectivity index (χ3n) is 4.62. The van der Waals surface area contributed by atoms with Crippen LogP contribution >= 0.6 is 46.6 Å². The molecule has 0 aliphatic carbocycles. The van der Waals surface area contributed by atoms with Gasteiger partial charge in [-0.25, -0.2) is 4.79 Å². The van der Waals surface area contributed by atoms with E-state index in [2.05, 4.69) is 0 Å². The molecule has 1 saturated heterocycles. The van der Waals surface area contributed by atoms with Crippen LogP contribution in [0.5, 0.6) is 5.75 Å². The first kappa shape index (κ1) is 23.4. The number of imide groups is 1. The molecule has 0 spiro atoms. The van der Waals surface area contributed by atoms with E-state index in [0.29, 0.717) is 15.6 Å². The molecule has 0 unspecified atom stereocenters. The van der Waals surface area contributed by atoms with E-state index < -0.39 is 11.9 Å². The molecule has 3 aromatic carbocycles. The summed E-state index contributed by atoms with van der Waals surface area (Å²) in [4.78, 5) is 39.1. The number of carbonyl (C=O) groups excluding carboxylic acids is 3. The van der Waals surface area contributed by atoms with Crippen molar-refractivity contribution in [2.75, 3.05) is 0 Å². The van der Waals surface area contributed by atoms with Crippen LogP contribution in [0.1, 0.15) is 21.5 Å². The fourth-order valence-electron chi connectivity index (χ4n) is 3.09. The van der Waals surface area contributed by atoms with Gasteiger partial charge >= 0.3 is 5.97 Å². The topological polar surface area (TPSA) is 63.7 Å². The van der Waals surface area contributed by atoms with Gasteiger partial charge in [-0.1, -0.05) is 59.1 Å². The lowest BCUT2D eigenvalue weighted by Gasteiger charge is -2.12. The predicted molar refractivity (Wildman–Crippen MR) is 131 cm³/mol. The van der Waals surface area contributed by atoms with Gasteiger partial charge in [-0.3, -0.25) is 14.5 Å². The Kier molecular flexibility index (Phi) is 7.10. The van der Waals surface area contributed by atoms with Crippen LogP contribution in [-0.2, 0) is 11.3 Å². The first-order valence-corrected chi connectivity index (χ1v) is 11.5. The lowest BCUT2D eigenvalue weighted by Crippen LogP contribution is -2.27. The summed E-state index contributed by atoms with van der Waals surface area (Å²) in [5, 5.41) is 0.743. The zero-order valence-electron chi connectivity index (χ0n) is 16.8. The maximum atomic E-state index is 12.8. The minimum atomic E-state index is -0.643. The van der Waals surface area contributed by atoms with Crippen molar-refractivity contribution in [1.29, 1.82) is 0 Å². The zero-order chi connectivity index (χ0) is 23.5. The monoisotopic (exact) mass is 517 g/mol. The van der Waals surface area contributed by atoms with E-state index in [1.54, 1.807) is 60.7 Å². The first-order chi connectivity index (χ1) is 15.8. The number of benzene rings is 3. The predicted octanol–water partition coefficient (Wildman–Crippen LogP) is 7.10. The second-order valence-corrected chi connectivity index (χ2v) is 9.26. The van der Waals surface area contributed by atoms with E-state index in [0.717, 1.165) is 22.2 Å². The van der Waals surface area contributed by atoms with Gasteiger partial charge < -0.3 is 4.74 Å². The quantitative estimate of drug-likeness (QED) is 0.205. The molecule has 0 atom stereocenters. The van der Waals surface area contributed by atoms with Crippen LogP contribution in [0.2, 0.25) is 15.1 Å². The normalized spacial score (nSPS) is 14.8. The van der Waals surface area contributed by atoms with Crippen LogP contribution in [0, 0.1) is 0 Å². The third-order valence-corrected chi connectivity index (χ3v) is 6.31. The molecule has 1 aliphatic heterocycles. The molecular weight excluding hydrogens is 505 g/mol. The van der Waals surface area contributed by atoms with Crippen LogP contribution in [0.3, 0.4) is 0 Å². The number of hydrogen-bond acceptors (Lipinski definition) is 5. The Morgan fingerprint density at radius 1 is 0.939 bits per heavy atom. The Morgan fingerprint density at radius 2 is 1.70 bits per heavy atom. The lowest BCUT2D eigenvalue weighted by molar-refractivity contribution is -0.123. The molecule has 166 valence electrons. The van der Waals surface area contributed by atoms with Gasteiger partial charge in [-0.15, -0.1) is 0 Å². The van der Waals surface area contributed by atoms with Crippen LogP contribution < -0.4 is 4.74 Å². The highest BCUT2D eigenvalue weighted by Gasteiger charge is 2.35. The molecule has 1 heterocycles. The van der Waals surface area contributed by atoms with Crippen LogP contribution in [0.25, 0.3) is 6.08 Å². The Morgan fingerprint density at radius 3 is 2.45 bits per heavy atom. The van der Waals surface area contributed by atoms with Gasteiger partial charge in [0.15, 0.2) is 0 Å². The van der Waals surface area contributed by atoms with Gasteiger partial charge in [0.2, 0.25) is 0 Å². The summed E-state index contributed by atoms with van der Waals surface area (Å²) < 4.78 is 5.41. The van der Waals surface area contributed by atoms with E-state index in [-0.39, 0.29) is 33.0 Å². The molecule has 4 rings (SSSR count). The van der Waals surface area contributed by atoms with Gasteiger partial charge in [0.05, 0.1) is 22.0 Å². The highest BCUT2D eigenvalue weighted by molar-refractivity contribution is 8.18. The van der Waals surface area contributed by atoms with Gasteiger partial charge in [0, 0.05) is 10.0 Å². The molecule has 1 fully saturated rings. The Hall–Kier alpha value is -2.77. The maximum Gasteiger partial charge on any atom is 0.345 e. The number of nitrogens with zero attached hydrogens (tertiary/aromatic N) is 1. The summed E-state index contributed by atoms with van der Waals surface area (Å²) in [6.07, 6.45) is 1.58. The van der Waals surface area contributed by atoms with Crippen molar-refractivity contribution in [2.24, 2.45) is 0 Å². The summed E-state index contributed by atoms with van der Waals surface area (Å²) in [6.45, 7) is 0.127. The maximum absolute atomic E-state index is 12.8. The largest absolute Gasteiger partial charge is 0.423 e. The lowest BCUT2D eigenvalue weighted by atomic mass is 10.2. The van der Waals surface area contributed by atoms with Crippen molar-refractivity contribution in [2.45, 2.75) is 6.54 Å². The van der Waals surface area contributed by atoms with Crippen LogP contribution in [-0.4, -0.2) is 22.0 Å². The molecule has 5 nitrogen and oxygen atoms in total. The average Bonchev–Trinajstić information content (AvgIpc) is 3.01. The number of esters is 1. The van der Waals surface area contributed by atoms with Crippen molar-refractivity contribution in [3.63, 3.8) is 0 Å². The molecular formula is C24H14Cl3NO4S. The second kappa shape index (κ2) is 10.0. The number of hydrogen-bond donors (Lipinski definition) is 0. The Labute approximate surface area is 208 Å². The van der Waals surface area contributed by atoms with E-state index in [1.165, 1.54) is 12.1 Å². The minimum Gasteiger partial charge on any atom is -0.423 e. The van der Waals surface area contributed by atoms with Gasteiger partial charge in [0.25, 0.3) is 11.1 Å². The number of rotatable bonds is 5. The Bertz CT molecular complexity index is 1310. The van der Waals surface area contributed by atoms with Gasteiger partial charge in [-0.05, 0) is 71.4 Å². The van der Waals surface area contributed by atoms with Crippen molar-refractivity contribution in [3.05, 3.63) is 103 Å². The fourth-order valence-corrected chi connectivity index (χ4v) is 4.63. The third kappa shape index (κ3) is 5.60. The molecule has 0 radical (unpaired) electrons. The summed E-state index contributed by atoms with van der Waals surface area (Å²) >= 11 is 18.8. The molecule has 2 amide bonds. The van der Waals surface area contributed by atoms with Gasteiger partial charge in [0.1, 0.15) is 5.75 Å². The highest BCUT2D eigenvalue weighted by Crippen LogP contribution is 2.34. The molecule has 33 heavy (non-hydrogen) atoms. The molecule has 0 N–H and O–H groups in total. The van der Waals surface area contributed by atoms with Crippen LogP contribution in [0.4, 0.5) is 4.79 Å². The van der Waals surface area contributed by atoms with Crippen molar-refractivity contribution in [1.82, 2.24) is 4.90 Å². The SMILES string of the molecule is O=C(Oc1cccc(/C=C2\SC(=O)N(Cc3cccc(Cl)c3)C2=O)c1)c1ccc(Cl)cc1Cl. The average molecular weight is 519 g/mol. The number of halogens is 3. The summed E-state index contributed by atoms with van der Waals surface area (Å²) in [6, 6.07) is 18.1. The molecule has 0 aromatic heterocycles. The summed E-state index contributed by atoms with van der Waals surface area (Å²) in [7, 11) is 0. The van der Waals surface area contributed by atoms with E-state index in [4.69, 9.17) is 39.5 Å². The van der Waals surface area contributed by atoms with E-state index in [9.17, 15) is 14.4 Å². The molecule has 9 heteroatoms. The number of carbonyl (C=O) groups is 3. The number of thioether (sulfide) groups is 1. The minimum absolute atomic E-state index is 0.127. The van der Waals surface area contributed by atoms with Crippen molar-refractivity contribution >= 4 is 69.8 Å². The molecule has 0 saturated carbocycles. The summed E-state index contributed by atoms with van der Waals surface area (Å²) in [5.74, 6) is -0.783. The summed E-state index contributed by atoms with van der Waals surface area (Å²) in [5.41, 5.74) is 1.52. The number of amides is 2. The highest BCUT2D eigenvalue weighted by atomic mass is 35.5. The smallest absolute Gasteiger partial charge is 0.345 e. The molecule has 0 bridgehead atoms. The fraction of sp³-hybridized carbons (Fsp3) is 0.0417. The molecule has 3 aromatic rings. The standard InChI is InChI=1S/C24H14Cl3NO4S/c25-16-5-1-4-15(9-16)13-28-22(29)21(33-24(28)31)11-14-3-2-6-18(10-14)32-23(30)19-8-7-17(26)12-20(19)27/h1-12H,13H2/b21-11-. The van der Waals surface area contributed by atoms with E-state index in [1.807, 2.05) is 0 Å².